The van der Waals surface area contributed by atoms with Gasteiger partial charge in [-0.05, 0) is 18.2 Å². The van der Waals surface area contributed by atoms with E-state index in [1.165, 1.54) is 13.2 Å². The molecule has 1 aromatic carbocycles. The maximum Gasteiger partial charge on any atom is 0.229 e. The zero-order valence-corrected chi connectivity index (χ0v) is 10.7. The summed E-state index contributed by atoms with van der Waals surface area (Å²) >= 11 is 5.81. The van der Waals surface area contributed by atoms with Crippen LogP contribution in [-0.4, -0.2) is 17.1 Å². The van der Waals surface area contributed by atoms with Crippen molar-refractivity contribution in [3.63, 3.8) is 0 Å². The Morgan fingerprint density at radius 1 is 1.26 bits per heavy atom. The zero-order valence-electron chi connectivity index (χ0n) is 9.95. The van der Waals surface area contributed by atoms with Crippen molar-refractivity contribution < 1.29 is 13.5 Å². The molecule has 0 saturated heterocycles. The topological polar surface area (TPSA) is 47.0 Å². The van der Waals surface area contributed by atoms with E-state index in [2.05, 4.69) is 15.3 Å². The monoisotopic (exact) mass is 285 g/mol. The second-order valence-corrected chi connectivity index (χ2v) is 4.08. The minimum Gasteiger partial charge on any atom is -0.378 e. The Bertz CT molecular complexity index is 595. The molecule has 0 amide bonds. The van der Waals surface area contributed by atoms with Crippen molar-refractivity contribution in [1.29, 1.82) is 0 Å². The summed E-state index contributed by atoms with van der Waals surface area (Å²) in [6.45, 7) is 0.239. The van der Waals surface area contributed by atoms with E-state index in [-0.39, 0.29) is 23.4 Å². The summed E-state index contributed by atoms with van der Waals surface area (Å²) in [5, 5.41) is 2.76. The van der Waals surface area contributed by atoms with Crippen LogP contribution >= 0.6 is 11.6 Å². The van der Waals surface area contributed by atoms with Crippen LogP contribution in [0.25, 0.3) is 0 Å². The molecule has 4 nitrogen and oxygen atoms in total. The van der Waals surface area contributed by atoms with Gasteiger partial charge in [-0.3, -0.25) is 0 Å². The molecule has 2 rings (SSSR count). The number of hydrogen-bond acceptors (Lipinski definition) is 4. The normalized spacial score (nSPS) is 10.5. The highest BCUT2D eigenvalue weighted by molar-refractivity contribution is 6.29. The van der Waals surface area contributed by atoms with Crippen LogP contribution in [0.1, 0.15) is 5.69 Å². The van der Waals surface area contributed by atoms with Gasteiger partial charge >= 0.3 is 0 Å². The molecule has 0 bridgehead atoms. The quantitative estimate of drug-likeness (QED) is 0.876. The maximum atomic E-state index is 13.5. The van der Waals surface area contributed by atoms with Crippen LogP contribution in [0.2, 0.25) is 5.15 Å². The highest BCUT2D eigenvalue weighted by Crippen LogP contribution is 2.20. The standard InChI is InChI=1S/C12H10ClF2N3O/c1-19-6-8-5-11(13)18-12(16-8)17-10-4-7(14)2-3-9(10)15/h2-5H,6H2,1H3,(H,16,17,18). The lowest BCUT2D eigenvalue weighted by Gasteiger charge is -2.08. The van der Waals surface area contributed by atoms with Crippen molar-refractivity contribution in [2.75, 3.05) is 12.4 Å². The molecule has 0 aliphatic carbocycles. The molecule has 7 heteroatoms. The molecule has 0 radical (unpaired) electrons. The Morgan fingerprint density at radius 3 is 2.79 bits per heavy atom. The molecule has 0 fully saturated rings. The summed E-state index contributed by atoms with van der Waals surface area (Å²) in [4.78, 5) is 7.95. The van der Waals surface area contributed by atoms with Crippen LogP contribution in [0.3, 0.4) is 0 Å². The van der Waals surface area contributed by atoms with E-state index < -0.39 is 11.6 Å². The van der Waals surface area contributed by atoms with Crippen LogP contribution in [0.15, 0.2) is 24.3 Å². The number of aromatic nitrogens is 2. The van der Waals surface area contributed by atoms with E-state index in [1.54, 1.807) is 0 Å². The lowest BCUT2D eigenvalue weighted by Crippen LogP contribution is -2.03. The van der Waals surface area contributed by atoms with E-state index >= 15 is 0 Å². The minimum atomic E-state index is -0.613. The van der Waals surface area contributed by atoms with Crippen molar-refractivity contribution in [1.82, 2.24) is 9.97 Å². The number of hydrogen-bond donors (Lipinski definition) is 1. The molecule has 100 valence electrons. The lowest BCUT2D eigenvalue weighted by atomic mass is 10.3. The van der Waals surface area contributed by atoms with Gasteiger partial charge in [0.25, 0.3) is 0 Å². The first-order chi connectivity index (χ1) is 9.08. The summed E-state index contributed by atoms with van der Waals surface area (Å²) < 4.78 is 31.4. The van der Waals surface area contributed by atoms with Gasteiger partial charge in [0.2, 0.25) is 5.95 Å². The molecule has 0 aliphatic heterocycles. The van der Waals surface area contributed by atoms with Gasteiger partial charge in [-0.2, -0.15) is 0 Å². The molecular weight excluding hydrogens is 276 g/mol. The Morgan fingerprint density at radius 2 is 2.05 bits per heavy atom. The molecule has 0 saturated carbocycles. The highest BCUT2D eigenvalue weighted by Gasteiger charge is 2.08. The maximum absolute atomic E-state index is 13.5. The van der Waals surface area contributed by atoms with Crippen LogP contribution in [0.4, 0.5) is 20.4 Å². The number of nitrogens with one attached hydrogen (secondary N) is 1. The average Bonchev–Trinajstić information content (AvgIpc) is 2.33. The third kappa shape index (κ3) is 3.59. The van der Waals surface area contributed by atoms with Crippen molar-refractivity contribution in [3.8, 4) is 0 Å². The third-order valence-electron chi connectivity index (χ3n) is 2.22. The minimum absolute atomic E-state index is 0.0642. The third-order valence-corrected chi connectivity index (χ3v) is 2.41. The molecule has 0 spiro atoms. The summed E-state index contributed by atoms with van der Waals surface area (Å²) in [6.07, 6.45) is 0. The first-order valence-electron chi connectivity index (χ1n) is 5.33. The largest absolute Gasteiger partial charge is 0.378 e. The van der Waals surface area contributed by atoms with Gasteiger partial charge in [-0.1, -0.05) is 11.6 Å². The molecule has 0 unspecified atom stereocenters. The number of rotatable bonds is 4. The number of benzene rings is 1. The molecule has 2 aromatic rings. The number of anilines is 2. The van der Waals surface area contributed by atoms with E-state index in [0.717, 1.165) is 18.2 Å². The van der Waals surface area contributed by atoms with Crippen LogP contribution in [-0.2, 0) is 11.3 Å². The summed E-state index contributed by atoms with van der Waals surface area (Å²) in [5.41, 5.74) is 0.465. The summed E-state index contributed by atoms with van der Waals surface area (Å²) in [6, 6.07) is 4.57. The fraction of sp³-hybridized carbons (Fsp3) is 0.167. The molecule has 0 atom stereocenters. The second kappa shape index (κ2) is 5.90. The molecule has 1 heterocycles. The number of methoxy groups -OCH3 is 1. The van der Waals surface area contributed by atoms with E-state index in [1.807, 2.05) is 0 Å². The van der Waals surface area contributed by atoms with Crippen LogP contribution in [0, 0.1) is 11.6 Å². The number of ether oxygens (including phenoxy) is 1. The first kappa shape index (κ1) is 13.6. The summed E-state index contributed by atoms with van der Waals surface area (Å²) in [5.74, 6) is -1.11. The van der Waals surface area contributed by atoms with Gasteiger partial charge in [-0.25, -0.2) is 18.7 Å². The SMILES string of the molecule is COCc1cc(Cl)nc(Nc2cc(F)ccc2F)n1. The van der Waals surface area contributed by atoms with Gasteiger partial charge in [0.15, 0.2) is 0 Å². The van der Waals surface area contributed by atoms with Crippen molar-refractivity contribution in [3.05, 3.63) is 46.7 Å². The smallest absolute Gasteiger partial charge is 0.229 e. The van der Waals surface area contributed by atoms with Crippen LogP contribution in [0.5, 0.6) is 0 Å². The average molecular weight is 286 g/mol. The Hall–Kier alpha value is -1.79. The summed E-state index contributed by atoms with van der Waals surface area (Å²) in [7, 11) is 1.51. The van der Waals surface area contributed by atoms with Crippen LogP contribution < -0.4 is 5.32 Å². The molecule has 0 aliphatic rings. The van der Waals surface area contributed by atoms with Gasteiger partial charge in [0, 0.05) is 13.2 Å². The fourth-order valence-electron chi connectivity index (χ4n) is 1.46. The predicted molar refractivity (Wildman–Crippen MR) is 67.4 cm³/mol. The van der Waals surface area contributed by atoms with Crippen molar-refractivity contribution in [2.24, 2.45) is 0 Å². The Labute approximate surface area is 113 Å². The fourth-order valence-corrected chi connectivity index (χ4v) is 1.66. The number of halogens is 3. The van der Waals surface area contributed by atoms with Gasteiger partial charge in [-0.15, -0.1) is 0 Å². The second-order valence-electron chi connectivity index (χ2n) is 3.69. The van der Waals surface area contributed by atoms with Crippen molar-refractivity contribution >= 4 is 23.2 Å². The zero-order chi connectivity index (χ0) is 13.8. The first-order valence-corrected chi connectivity index (χ1v) is 5.71. The molecule has 1 aromatic heterocycles. The van der Waals surface area contributed by atoms with Gasteiger partial charge in [0.05, 0.1) is 18.0 Å². The van der Waals surface area contributed by atoms with Crippen molar-refractivity contribution in [2.45, 2.75) is 6.61 Å². The number of nitrogens with zero attached hydrogens (tertiary/aromatic N) is 2. The lowest BCUT2D eigenvalue weighted by molar-refractivity contribution is 0.181. The van der Waals surface area contributed by atoms with E-state index in [9.17, 15) is 8.78 Å². The van der Waals surface area contributed by atoms with Gasteiger partial charge in [0.1, 0.15) is 16.8 Å². The van der Waals surface area contributed by atoms with E-state index in [4.69, 9.17) is 16.3 Å². The molecular formula is C12H10ClF2N3O. The molecule has 1 N–H and O–H groups in total. The van der Waals surface area contributed by atoms with E-state index in [0.29, 0.717) is 5.69 Å². The molecule has 19 heavy (non-hydrogen) atoms. The predicted octanol–water partition coefficient (Wildman–Crippen LogP) is 3.30. The Balaban J connectivity index is 2.29. The van der Waals surface area contributed by atoms with Gasteiger partial charge < -0.3 is 10.1 Å². The Kier molecular flexibility index (Phi) is 4.24. The highest BCUT2D eigenvalue weighted by atomic mass is 35.5.